The molecule has 0 spiro atoms. The molecule has 1 saturated heterocycles. The lowest BCUT2D eigenvalue weighted by molar-refractivity contribution is 0.136. The molecule has 0 N–H and O–H groups in total. The van der Waals surface area contributed by atoms with Crippen LogP contribution in [0.25, 0.3) is 0 Å². The van der Waals surface area contributed by atoms with Crippen molar-refractivity contribution in [2.45, 2.75) is 39.7 Å². The molecule has 4 heteroatoms. The predicted octanol–water partition coefficient (Wildman–Crippen LogP) is 1.70. The molecule has 2 aliphatic rings. The zero-order valence-electron chi connectivity index (χ0n) is 10.0. The van der Waals surface area contributed by atoms with Gasteiger partial charge in [-0.1, -0.05) is 20.8 Å². The minimum atomic E-state index is -2.99. The topological polar surface area (TPSA) is 37.4 Å². The summed E-state index contributed by atoms with van der Waals surface area (Å²) >= 11 is 0. The summed E-state index contributed by atoms with van der Waals surface area (Å²) in [5, 5.41) is 0. The van der Waals surface area contributed by atoms with E-state index in [-0.39, 0.29) is 11.5 Å². The fourth-order valence-corrected chi connectivity index (χ4v) is 4.49. The lowest BCUT2D eigenvalue weighted by atomic mass is 9.76. The normalized spacial score (nSPS) is 37.5. The maximum absolute atomic E-state index is 11.6. The Bertz CT molecular complexity index is 355. The summed E-state index contributed by atoms with van der Waals surface area (Å²) in [6, 6.07) is 0.269. The van der Waals surface area contributed by atoms with E-state index in [1.807, 2.05) is 0 Å². The Labute approximate surface area is 92.9 Å². The van der Waals surface area contributed by atoms with Crippen LogP contribution >= 0.6 is 0 Å². The van der Waals surface area contributed by atoms with E-state index in [1.165, 1.54) is 12.7 Å². The summed E-state index contributed by atoms with van der Waals surface area (Å²) < 4.78 is 25.0. The van der Waals surface area contributed by atoms with E-state index in [1.54, 1.807) is 4.31 Å². The summed E-state index contributed by atoms with van der Waals surface area (Å²) in [5.74, 6) is 1.14. The fourth-order valence-electron chi connectivity index (χ4n) is 3.29. The molecule has 2 fully saturated rings. The van der Waals surface area contributed by atoms with Gasteiger partial charge in [-0.2, -0.15) is 4.31 Å². The van der Waals surface area contributed by atoms with Gasteiger partial charge in [0, 0.05) is 12.6 Å². The summed E-state index contributed by atoms with van der Waals surface area (Å²) in [4.78, 5) is 0. The minimum Gasteiger partial charge on any atom is -0.212 e. The molecular weight excluding hydrogens is 210 g/mol. The summed E-state index contributed by atoms with van der Waals surface area (Å²) in [6.45, 7) is 7.42. The Balaban J connectivity index is 2.24. The molecule has 0 aromatic rings. The molecule has 3 unspecified atom stereocenters. The van der Waals surface area contributed by atoms with Crippen LogP contribution in [0, 0.1) is 17.3 Å². The molecule has 0 aromatic carbocycles. The molecule has 1 aliphatic heterocycles. The maximum Gasteiger partial charge on any atom is 0.211 e. The number of hydrogen-bond donors (Lipinski definition) is 0. The molecule has 1 saturated carbocycles. The monoisotopic (exact) mass is 231 g/mol. The predicted molar refractivity (Wildman–Crippen MR) is 61.0 cm³/mol. The van der Waals surface area contributed by atoms with Crippen molar-refractivity contribution >= 4 is 10.0 Å². The van der Waals surface area contributed by atoms with Gasteiger partial charge in [0.25, 0.3) is 0 Å². The molecule has 3 atom stereocenters. The van der Waals surface area contributed by atoms with E-state index in [4.69, 9.17) is 0 Å². The number of rotatable bonds is 1. The summed E-state index contributed by atoms with van der Waals surface area (Å²) in [5.41, 5.74) is 0.225. The second-order valence-corrected chi connectivity index (χ2v) is 8.15. The molecule has 0 radical (unpaired) electrons. The quantitative estimate of drug-likeness (QED) is 0.689. The van der Waals surface area contributed by atoms with Crippen LogP contribution in [0.4, 0.5) is 0 Å². The van der Waals surface area contributed by atoms with Crippen molar-refractivity contribution in [1.82, 2.24) is 4.31 Å². The molecule has 88 valence electrons. The maximum atomic E-state index is 11.6. The van der Waals surface area contributed by atoms with E-state index < -0.39 is 10.0 Å². The van der Waals surface area contributed by atoms with Crippen LogP contribution in [0.1, 0.15) is 33.6 Å². The van der Waals surface area contributed by atoms with Gasteiger partial charge in [0.05, 0.1) is 6.26 Å². The van der Waals surface area contributed by atoms with E-state index in [0.29, 0.717) is 11.8 Å². The second-order valence-electron chi connectivity index (χ2n) is 6.21. The van der Waals surface area contributed by atoms with Crippen LogP contribution in [-0.4, -0.2) is 31.6 Å². The third-order valence-electron chi connectivity index (χ3n) is 3.97. The van der Waals surface area contributed by atoms with Crippen LogP contribution in [0.5, 0.6) is 0 Å². The summed E-state index contributed by atoms with van der Waals surface area (Å²) in [7, 11) is -2.99. The fraction of sp³-hybridized carbons (Fsp3) is 1.00. The standard InChI is InChI=1S/C11H21NO2S/c1-11(2,3)9-5-8-6-10(9)12(7-8)15(4,13)14/h8-10H,5-7H2,1-4H3. The van der Waals surface area contributed by atoms with Gasteiger partial charge in [-0.15, -0.1) is 0 Å². The highest BCUT2D eigenvalue weighted by atomic mass is 32.2. The van der Waals surface area contributed by atoms with Crippen LogP contribution < -0.4 is 0 Å². The zero-order valence-corrected chi connectivity index (χ0v) is 10.8. The van der Waals surface area contributed by atoms with Crippen molar-refractivity contribution in [2.75, 3.05) is 12.8 Å². The largest absolute Gasteiger partial charge is 0.212 e. The van der Waals surface area contributed by atoms with E-state index in [2.05, 4.69) is 20.8 Å². The first-order valence-electron chi connectivity index (χ1n) is 5.66. The molecule has 2 bridgehead atoms. The lowest BCUT2D eigenvalue weighted by Gasteiger charge is -2.39. The lowest BCUT2D eigenvalue weighted by Crippen LogP contribution is -2.45. The Morgan fingerprint density at radius 2 is 1.80 bits per heavy atom. The van der Waals surface area contributed by atoms with Gasteiger partial charge in [-0.05, 0) is 30.1 Å². The smallest absolute Gasteiger partial charge is 0.211 e. The first-order valence-corrected chi connectivity index (χ1v) is 7.51. The third kappa shape index (κ3) is 1.94. The first kappa shape index (κ1) is 11.4. The van der Waals surface area contributed by atoms with Gasteiger partial charge in [0.1, 0.15) is 0 Å². The summed E-state index contributed by atoms with van der Waals surface area (Å²) in [6.07, 6.45) is 3.63. The molecule has 1 heterocycles. The number of nitrogens with zero attached hydrogens (tertiary/aromatic N) is 1. The highest BCUT2D eigenvalue weighted by molar-refractivity contribution is 7.88. The van der Waals surface area contributed by atoms with Crippen molar-refractivity contribution in [2.24, 2.45) is 17.3 Å². The van der Waals surface area contributed by atoms with Gasteiger partial charge in [-0.25, -0.2) is 8.42 Å². The average Bonchev–Trinajstić information content (AvgIpc) is 2.57. The van der Waals surface area contributed by atoms with Crippen LogP contribution in [0.2, 0.25) is 0 Å². The molecule has 1 aliphatic carbocycles. The Morgan fingerprint density at radius 1 is 1.20 bits per heavy atom. The minimum absolute atomic E-state index is 0.225. The Kier molecular flexibility index (Phi) is 2.43. The zero-order chi connectivity index (χ0) is 11.4. The third-order valence-corrected chi connectivity index (χ3v) is 5.24. The number of piperidine rings is 1. The van der Waals surface area contributed by atoms with Crippen molar-refractivity contribution in [3.8, 4) is 0 Å². The van der Waals surface area contributed by atoms with E-state index in [9.17, 15) is 8.42 Å². The number of hydrogen-bond acceptors (Lipinski definition) is 2. The number of fused-ring (bicyclic) bond motifs is 2. The molecule has 0 aromatic heterocycles. The SMILES string of the molecule is CC(C)(C)C1CC2CC1N(S(C)(=O)=O)C2. The van der Waals surface area contributed by atoms with E-state index >= 15 is 0 Å². The molecule has 2 rings (SSSR count). The molecule has 15 heavy (non-hydrogen) atoms. The van der Waals surface area contributed by atoms with Gasteiger partial charge in [-0.3, -0.25) is 0 Å². The van der Waals surface area contributed by atoms with Crippen molar-refractivity contribution in [1.29, 1.82) is 0 Å². The first-order chi connectivity index (χ1) is 6.69. The van der Waals surface area contributed by atoms with Gasteiger partial charge < -0.3 is 0 Å². The van der Waals surface area contributed by atoms with Gasteiger partial charge in [0.15, 0.2) is 0 Å². The van der Waals surface area contributed by atoms with Crippen LogP contribution in [-0.2, 0) is 10.0 Å². The Hall–Kier alpha value is -0.0900. The second kappa shape index (κ2) is 3.20. The van der Waals surface area contributed by atoms with Crippen molar-refractivity contribution < 1.29 is 8.42 Å². The highest BCUT2D eigenvalue weighted by Crippen LogP contribution is 2.49. The number of sulfonamides is 1. The van der Waals surface area contributed by atoms with Crippen molar-refractivity contribution in [3.05, 3.63) is 0 Å². The highest BCUT2D eigenvalue weighted by Gasteiger charge is 2.51. The van der Waals surface area contributed by atoms with Crippen LogP contribution in [0.15, 0.2) is 0 Å². The van der Waals surface area contributed by atoms with Crippen LogP contribution in [0.3, 0.4) is 0 Å². The Morgan fingerprint density at radius 3 is 2.20 bits per heavy atom. The molecule has 0 amide bonds. The van der Waals surface area contributed by atoms with Gasteiger partial charge in [0.2, 0.25) is 10.0 Å². The molecular formula is C11H21NO2S. The van der Waals surface area contributed by atoms with Gasteiger partial charge >= 0.3 is 0 Å². The molecule has 3 nitrogen and oxygen atoms in total. The van der Waals surface area contributed by atoms with E-state index in [0.717, 1.165) is 13.0 Å². The average molecular weight is 231 g/mol. The van der Waals surface area contributed by atoms with Crippen molar-refractivity contribution in [3.63, 3.8) is 0 Å².